The van der Waals surface area contributed by atoms with Crippen molar-refractivity contribution in [3.63, 3.8) is 0 Å². The minimum absolute atomic E-state index is 0.145. The molecule has 1 rings (SSSR count). The number of nitro benzene ring substituents is 1. The summed E-state index contributed by atoms with van der Waals surface area (Å²) < 4.78 is 13.7. The third kappa shape index (κ3) is 4.43. The molecule has 0 unspecified atom stereocenters. The van der Waals surface area contributed by atoms with Crippen molar-refractivity contribution in [2.75, 3.05) is 0 Å². The van der Waals surface area contributed by atoms with Crippen molar-refractivity contribution in [3.05, 3.63) is 45.6 Å². The van der Waals surface area contributed by atoms with Gasteiger partial charge in [0.25, 0.3) is 5.69 Å². The maximum atomic E-state index is 13.7. The van der Waals surface area contributed by atoms with Crippen LogP contribution >= 0.6 is 0 Å². The van der Waals surface area contributed by atoms with Gasteiger partial charge in [0.15, 0.2) is 0 Å². The predicted octanol–water partition coefficient (Wildman–Crippen LogP) is 4.13. The van der Waals surface area contributed by atoms with Gasteiger partial charge in [0.2, 0.25) is 0 Å². The number of rotatable bonds is 6. The van der Waals surface area contributed by atoms with Crippen molar-refractivity contribution < 1.29 is 9.31 Å². The number of nitro groups is 1. The molecule has 5 heteroatoms. The molecule has 1 N–H and O–H groups in total. The first-order chi connectivity index (χ1) is 8.81. The van der Waals surface area contributed by atoms with Crippen LogP contribution in [0.15, 0.2) is 18.2 Å². The SMILES string of the molecule is C[C](C)C[C@@H](C)CC(=N)c1ccc([N+](=O)[O-])cc1F. The molecule has 0 aliphatic rings. The molecular formula is C14H18FN2O2. The second kappa shape index (κ2) is 6.41. The van der Waals surface area contributed by atoms with Gasteiger partial charge in [-0.05, 0) is 30.7 Å². The third-order valence-electron chi connectivity index (χ3n) is 2.80. The zero-order chi connectivity index (χ0) is 14.6. The fourth-order valence-electron chi connectivity index (χ4n) is 2.09. The molecule has 0 saturated carbocycles. The fourth-order valence-corrected chi connectivity index (χ4v) is 2.09. The molecule has 1 atom stereocenters. The van der Waals surface area contributed by atoms with E-state index in [4.69, 9.17) is 5.41 Å². The average Bonchev–Trinajstić information content (AvgIpc) is 2.26. The molecule has 1 radical (unpaired) electrons. The molecule has 0 saturated heterocycles. The van der Waals surface area contributed by atoms with E-state index in [1.54, 1.807) is 0 Å². The van der Waals surface area contributed by atoms with E-state index >= 15 is 0 Å². The highest BCUT2D eigenvalue weighted by atomic mass is 19.1. The van der Waals surface area contributed by atoms with Crippen LogP contribution in [0.5, 0.6) is 0 Å². The molecule has 0 bridgehead atoms. The van der Waals surface area contributed by atoms with E-state index in [0.717, 1.165) is 12.5 Å². The number of hydrogen-bond acceptors (Lipinski definition) is 3. The lowest BCUT2D eigenvalue weighted by molar-refractivity contribution is -0.385. The zero-order valence-corrected chi connectivity index (χ0v) is 11.4. The van der Waals surface area contributed by atoms with E-state index in [0.29, 0.717) is 6.42 Å². The Bertz CT molecular complexity index is 486. The molecule has 1 aromatic carbocycles. The second-order valence-electron chi connectivity index (χ2n) is 5.12. The predicted molar refractivity (Wildman–Crippen MR) is 72.9 cm³/mol. The average molecular weight is 265 g/mol. The van der Waals surface area contributed by atoms with Crippen LogP contribution in [0.1, 0.15) is 39.2 Å². The first-order valence-corrected chi connectivity index (χ1v) is 6.12. The van der Waals surface area contributed by atoms with E-state index in [2.05, 4.69) is 0 Å². The van der Waals surface area contributed by atoms with Gasteiger partial charge in [-0.3, -0.25) is 10.1 Å². The topological polar surface area (TPSA) is 67.0 Å². The maximum absolute atomic E-state index is 13.7. The first kappa shape index (κ1) is 15.3. The summed E-state index contributed by atoms with van der Waals surface area (Å²) in [5.74, 6) is 0.820. The minimum atomic E-state index is -0.705. The summed E-state index contributed by atoms with van der Waals surface area (Å²) in [5.41, 5.74) is 0.0344. The molecule has 0 spiro atoms. The molecule has 4 nitrogen and oxygen atoms in total. The Balaban J connectivity index is 2.80. The largest absolute Gasteiger partial charge is 0.305 e. The minimum Gasteiger partial charge on any atom is -0.305 e. The summed E-state index contributed by atoms with van der Waals surface area (Å²) in [4.78, 5) is 9.87. The molecule has 0 amide bonds. The molecule has 103 valence electrons. The van der Waals surface area contributed by atoms with Gasteiger partial charge in [0, 0.05) is 17.3 Å². The number of benzene rings is 1. The van der Waals surface area contributed by atoms with Crippen LogP contribution in [0, 0.1) is 33.2 Å². The van der Waals surface area contributed by atoms with E-state index in [1.165, 1.54) is 18.1 Å². The van der Waals surface area contributed by atoms with Crippen LogP contribution in [0.3, 0.4) is 0 Å². The van der Waals surface area contributed by atoms with Crippen LogP contribution in [-0.2, 0) is 0 Å². The lowest BCUT2D eigenvalue weighted by atomic mass is 9.91. The van der Waals surface area contributed by atoms with Crippen LogP contribution in [-0.4, -0.2) is 10.6 Å². The van der Waals surface area contributed by atoms with Crippen LogP contribution in [0.25, 0.3) is 0 Å². The number of non-ortho nitro benzene ring substituents is 1. The molecule has 0 aliphatic carbocycles. The van der Waals surface area contributed by atoms with E-state index in [9.17, 15) is 14.5 Å². The van der Waals surface area contributed by atoms with Gasteiger partial charge in [-0.25, -0.2) is 4.39 Å². The van der Waals surface area contributed by atoms with Crippen LogP contribution < -0.4 is 0 Å². The summed E-state index contributed by atoms with van der Waals surface area (Å²) in [6.07, 6.45) is 1.34. The zero-order valence-electron chi connectivity index (χ0n) is 11.4. The lowest BCUT2D eigenvalue weighted by Gasteiger charge is -2.14. The highest BCUT2D eigenvalue weighted by molar-refractivity contribution is 5.98. The third-order valence-corrected chi connectivity index (χ3v) is 2.80. The Labute approximate surface area is 112 Å². The summed E-state index contributed by atoms with van der Waals surface area (Å²) in [6.45, 7) is 6.05. The van der Waals surface area contributed by atoms with Gasteiger partial charge in [-0.2, -0.15) is 0 Å². The van der Waals surface area contributed by atoms with Gasteiger partial charge < -0.3 is 5.41 Å². The summed E-state index contributed by atoms with van der Waals surface area (Å²) >= 11 is 0. The summed E-state index contributed by atoms with van der Waals surface area (Å²) in [6, 6.07) is 3.41. The Morgan fingerprint density at radius 2 is 2.05 bits per heavy atom. The quantitative estimate of drug-likeness (QED) is 0.477. The van der Waals surface area contributed by atoms with Crippen molar-refractivity contribution in [3.8, 4) is 0 Å². The van der Waals surface area contributed by atoms with Gasteiger partial charge in [0.1, 0.15) is 5.82 Å². The first-order valence-electron chi connectivity index (χ1n) is 6.12. The normalized spacial score (nSPS) is 12.5. The van der Waals surface area contributed by atoms with E-state index < -0.39 is 10.7 Å². The summed E-state index contributed by atoms with van der Waals surface area (Å²) in [5, 5.41) is 18.4. The Morgan fingerprint density at radius 3 is 2.53 bits per heavy atom. The molecule has 0 heterocycles. The Morgan fingerprint density at radius 1 is 1.42 bits per heavy atom. The van der Waals surface area contributed by atoms with Gasteiger partial charge in [-0.1, -0.05) is 20.8 Å². The standard InChI is InChI=1S/C14H18FN2O2/c1-9(2)6-10(3)7-14(16)12-5-4-11(17(18)19)8-13(12)15/h4-5,8,10,16H,6-7H2,1-3H3/t10-/m1/s1. The fraction of sp³-hybridized carbons (Fsp3) is 0.429. The summed E-state index contributed by atoms with van der Waals surface area (Å²) in [7, 11) is 0. The molecule has 1 aromatic rings. The maximum Gasteiger partial charge on any atom is 0.272 e. The second-order valence-corrected chi connectivity index (χ2v) is 5.12. The van der Waals surface area contributed by atoms with Crippen molar-refractivity contribution in [2.24, 2.45) is 5.92 Å². The van der Waals surface area contributed by atoms with Crippen LogP contribution in [0.2, 0.25) is 0 Å². The van der Waals surface area contributed by atoms with Gasteiger partial charge >= 0.3 is 0 Å². The Hall–Kier alpha value is -1.78. The van der Waals surface area contributed by atoms with Gasteiger partial charge in [0.05, 0.1) is 11.0 Å². The molecule has 0 aliphatic heterocycles. The van der Waals surface area contributed by atoms with Crippen molar-refractivity contribution in [2.45, 2.75) is 33.6 Å². The van der Waals surface area contributed by atoms with Crippen molar-refractivity contribution in [1.29, 1.82) is 5.41 Å². The lowest BCUT2D eigenvalue weighted by Crippen LogP contribution is -2.09. The molecule has 0 aromatic heterocycles. The molecule has 0 fully saturated rings. The van der Waals surface area contributed by atoms with Gasteiger partial charge in [-0.15, -0.1) is 0 Å². The highest BCUT2D eigenvalue weighted by Gasteiger charge is 2.16. The van der Waals surface area contributed by atoms with Crippen molar-refractivity contribution in [1.82, 2.24) is 0 Å². The monoisotopic (exact) mass is 265 g/mol. The highest BCUT2D eigenvalue weighted by Crippen LogP contribution is 2.22. The number of nitrogens with one attached hydrogen (secondary N) is 1. The number of nitrogens with zero attached hydrogens (tertiary/aromatic N) is 1. The smallest absolute Gasteiger partial charge is 0.272 e. The number of hydrogen-bond donors (Lipinski definition) is 1. The Kier molecular flexibility index (Phi) is 5.15. The van der Waals surface area contributed by atoms with Crippen LogP contribution in [0.4, 0.5) is 10.1 Å². The van der Waals surface area contributed by atoms with E-state index in [-0.39, 0.29) is 22.9 Å². The molecule has 19 heavy (non-hydrogen) atoms. The molecular weight excluding hydrogens is 247 g/mol. The van der Waals surface area contributed by atoms with Crippen molar-refractivity contribution >= 4 is 11.4 Å². The number of halogens is 1. The van der Waals surface area contributed by atoms with E-state index in [1.807, 2.05) is 20.8 Å².